The Morgan fingerprint density at radius 2 is 1.92 bits per heavy atom. The Bertz CT molecular complexity index is 103. The van der Waals surface area contributed by atoms with Crippen molar-refractivity contribution >= 4 is 0 Å². The van der Waals surface area contributed by atoms with E-state index in [0.717, 1.165) is 26.2 Å². The lowest BCUT2D eigenvalue weighted by molar-refractivity contribution is 0.122. The second kappa shape index (κ2) is 8.48. The summed E-state index contributed by atoms with van der Waals surface area (Å²) in [5.74, 6) is 0.597. The molecular weight excluding hydrogens is 166 g/mol. The van der Waals surface area contributed by atoms with Crippen LogP contribution in [0.1, 0.15) is 20.3 Å². The molecule has 2 unspecified atom stereocenters. The lowest BCUT2D eigenvalue weighted by atomic mass is 9.99. The summed E-state index contributed by atoms with van der Waals surface area (Å²) in [6.45, 7) is 6.94. The van der Waals surface area contributed by atoms with E-state index in [1.165, 1.54) is 0 Å². The third-order valence-corrected chi connectivity index (χ3v) is 2.28. The van der Waals surface area contributed by atoms with Crippen LogP contribution in [-0.4, -0.2) is 40.0 Å². The van der Waals surface area contributed by atoms with Gasteiger partial charge in [-0.05, 0) is 18.9 Å². The van der Waals surface area contributed by atoms with Crippen LogP contribution in [0.25, 0.3) is 0 Å². The lowest BCUT2D eigenvalue weighted by Crippen LogP contribution is -2.39. The Morgan fingerprint density at radius 1 is 1.23 bits per heavy atom. The van der Waals surface area contributed by atoms with Crippen molar-refractivity contribution in [2.75, 3.05) is 34.0 Å². The Morgan fingerprint density at radius 3 is 2.38 bits per heavy atom. The molecule has 0 aliphatic heterocycles. The van der Waals surface area contributed by atoms with Crippen molar-refractivity contribution in [1.82, 2.24) is 5.32 Å². The van der Waals surface area contributed by atoms with Crippen LogP contribution in [0.2, 0.25) is 0 Å². The van der Waals surface area contributed by atoms with Gasteiger partial charge in [0.1, 0.15) is 0 Å². The van der Waals surface area contributed by atoms with E-state index >= 15 is 0 Å². The highest BCUT2D eigenvalue weighted by molar-refractivity contribution is 4.72. The number of methoxy groups -OCH3 is 2. The summed E-state index contributed by atoms with van der Waals surface area (Å²) in [6, 6.07) is 0.449. The van der Waals surface area contributed by atoms with Gasteiger partial charge in [0.25, 0.3) is 0 Å². The molecule has 0 fully saturated rings. The molecule has 3 nitrogen and oxygen atoms in total. The number of hydrogen-bond acceptors (Lipinski definition) is 3. The molecular formula is C10H23NO2. The molecule has 0 aromatic rings. The fourth-order valence-corrected chi connectivity index (χ4v) is 1.37. The first-order valence-electron chi connectivity index (χ1n) is 4.97. The Balaban J connectivity index is 3.72. The van der Waals surface area contributed by atoms with E-state index in [4.69, 9.17) is 9.47 Å². The fourth-order valence-electron chi connectivity index (χ4n) is 1.37. The largest absolute Gasteiger partial charge is 0.385 e. The monoisotopic (exact) mass is 189 g/mol. The van der Waals surface area contributed by atoms with Crippen LogP contribution in [-0.2, 0) is 9.47 Å². The molecule has 1 N–H and O–H groups in total. The van der Waals surface area contributed by atoms with Gasteiger partial charge in [-0.25, -0.2) is 0 Å². The number of likely N-dealkylation sites (N-methyl/N-ethyl adjacent to an activating group) is 1. The SMILES string of the molecule is CCNC(COC)C(C)CCOC. The van der Waals surface area contributed by atoms with Crippen LogP contribution >= 0.6 is 0 Å². The van der Waals surface area contributed by atoms with Gasteiger partial charge in [-0.2, -0.15) is 0 Å². The molecule has 3 heteroatoms. The van der Waals surface area contributed by atoms with Crippen LogP contribution in [0.5, 0.6) is 0 Å². The van der Waals surface area contributed by atoms with Crippen LogP contribution in [0.4, 0.5) is 0 Å². The van der Waals surface area contributed by atoms with Crippen molar-refractivity contribution in [2.24, 2.45) is 5.92 Å². The van der Waals surface area contributed by atoms with Crippen molar-refractivity contribution in [1.29, 1.82) is 0 Å². The Kier molecular flexibility index (Phi) is 8.40. The zero-order valence-corrected chi connectivity index (χ0v) is 9.30. The summed E-state index contributed by atoms with van der Waals surface area (Å²) in [5.41, 5.74) is 0. The van der Waals surface area contributed by atoms with Crippen molar-refractivity contribution in [3.05, 3.63) is 0 Å². The first-order chi connectivity index (χ1) is 6.26. The topological polar surface area (TPSA) is 30.5 Å². The Hall–Kier alpha value is -0.120. The molecule has 0 saturated carbocycles. The van der Waals surface area contributed by atoms with Gasteiger partial charge in [-0.15, -0.1) is 0 Å². The van der Waals surface area contributed by atoms with E-state index in [2.05, 4.69) is 19.2 Å². The highest BCUT2D eigenvalue weighted by atomic mass is 16.5. The zero-order valence-electron chi connectivity index (χ0n) is 9.30. The smallest absolute Gasteiger partial charge is 0.0618 e. The number of ether oxygens (including phenoxy) is 2. The van der Waals surface area contributed by atoms with Gasteiger partial charge in [-0.3, -0.25) is 0 Å². The first-order valence-corrected chi connectivity index (χ1v) is 4.97. The minimum atomic E-state index is 0.449. The van der Waals surface area contributed by atoms with Gasteiger partial charge >= 0.3 is 0 Å². The average Bonchev–Trinajstić information content (AvgIpc) is 2.14. The molecule has 0 spiro atoms. The van der Waals surface area contributed by atoms with Gasteiger partial charge in [0.05, 0.1) is 6.61 Å². The van der Waals surface area contributed by atoms with Crippen molar-refractivity contribution in [3.63, 3.8) is 0 Å². The molecule has 0 aromatic heterocycles. The molecule has 0 bridgehead atoms. The van der Waals surface area contributed by atoms with Crippen LogP contribution in [0.15, 0.2) is 0 Å². The van der Waals surface area contributed by atoms with Crippen LogP contribution in [0.3, 0.4) is 0 Å². The Labute approximate surface area is 81.8 Å². The molecule has 80 valence electrons. The maximum Gasteiger partial charge on any atom is 0.0618 e. The average molecular weight is 189 g/mol. The first kappa shape index (κ1) is 12.9. The van der Waals surface area contributed by atoms with Crippen molar-refractivity contribution in [2.45, 2.75) is 26.3 Å². The summed E-state index contributed by atoms with van der Waals surface area (Å²) in [5, 5.41) is 3.41. The molecule has 0 amide bonds. The third-order valence-electron chi connectivity index (χ3n) is 2.28. The lowest BCUT2D eigenvalue weighted by Gasteiger charge is -2.23. The van der Waals surface area contributed by atoms with Gasteiger partial charge in [0.2, 0.25) is 0 Å². The minimum Gasteiger partial charge on any atom is -0.385 e. The molecule has 2 atom stereocenters. The van der Waals surface area contributed by atoms with Gasteiger partial charge in [0, 0.05) is 26.9 Å². The normalized spacial score (nSPS) is 15.7. The van der Waals surface area contributed by atoms with Crippen LogP contribution in [0, 0.1) is 5.92 Å². The highest BCUT2D eigenvalue weighted by Crippen LogP contribution is 2.08. The summed E-state index contributed by atoms with van der Waals surface area (Å²) in [4.78, 5) is 0. The summed E-state index contributed by atoms with van der Waals surface area (Å²) in [7, 11) is 3.48. The zero-order chi connectivity index (χ0) is 10.1. The molecule has 0 radical (unpaired) electrons. The summed E-state index contributed by atoms with van der Waals surface area (Å²) < 4.78 is 10.2. The minimum absolute atomic E-state index is 0.449. The number of rotatable bonds is 8. The summed E-state index contributed by atoms with van der Waals surface area (Å²) >= 11 is 0. The van der Waals surface area contributed by atoms with E-state index in [9.17, 15) is 0 Å². The van der Waals surface area contributed by atoms with E-state index in [1.807, 2.05) is 0 Å². The maximum absolute atomic E-state index is 5.15. The molecule has 0 aliphatic rings. The molecule has 13 heavy (non-hydrogen) atoms. The van der Waals surface area contributed by atoms with E-state index < -0.39 is 0 Å². The molecule has 0 aliphatic carbocycles. The second-order valence-corrected chi connectivity index (χ2v) is 3.38. The maximum atomic E-state index is 5.15. The molecule has 0 aromatic carbocycles. The third kappa shape index (κ3) is 6.02. The van der Waals surface area contributed by atoms with Gasteiger partial charge in [-0.1, -0.05) is 13.8 Å². The quantitative estimate of drug-likeness (QED) is 0.624. The molecule has 0 heterocycles. The van der Waals surface area contributed by atoms with Crippen LogP contribution < -0.4 is 5.32 Å². The standard InChI is InChI=1S/C10H23NO2/c1-5-11-10(8-13-4)9(2)6-7-12-3/h9-11H,5-8H2,1-4H3. The number of nitrogens with one attached hydrogen (secondary N) is 1. The predicted octanol–water partition coefficient (Wildman–Crippen LogP) is 1.28. The second-order valence-electron chi connectivity index (χ2n) is 3.38. The highest BCUT2D eigenvalue weighted by Gasteiger charge is 2.15. The van der Waals surface area contributed by atoms with Crippen molar-refractivity contribution < 1.29 is 9.47 Å². The molecule has 0 rings (SSSR count). The predicted molar refractivity (Wildman–Crippen MR) is 55.0 cm³/mol. The number of hydrogen-bond donors (Lipinski definition) is 1. The summed E-state index contributed by atoms with van der Waals surface area (Å²) in [6.07, 6.45) is 1.08. The van der Waals surface area contributed by atoms with Gasteiger partial charge < -0.3 is 14.8 Å². The van der Waals surface area contributed by atoms with Crippen molar-refractivity contribution in [3.8, 4) is 0 Å². The van der Waals surface area contributed by atoms with E-state index in [0.29, 0.717) is 12.0 Å². The van der Waals surface area contributed by atoms with E-state index in [-0.39, 0.29) is 0 Å². The fraction of sp³-hybridized carbons (Fsp3) is 1.00. The van der Waals surface area contributed by atoms with E-state index in [1.54, 1.807) is 14.2 Å². The van der Waals surface area contributed by atoms with Gasteiger partial charge in [0.15, 0.2) is 0 Å². The molecule has 0 saturated heterocycles.